The van der Waals surface area contributed by atoms with Crippen molar-refractivity contribution in [2.24, 2.45) is 5.73 Å². The molecule has 1 aliphatic heterocycles. The molecule has 6 N–H and O–H groups in total. The van der Waals surface area contributed by atoms with E-state index in [0.29, 0.717) is 50.2 Å². The van der Waals surface area contributed by atoms with E-state index in [9.17, 15) is 24.3 Å². The predicted octanol–water partition coefficient (Wildman–Crippen LogP) is 1.59. The van der Waals surface area contributed by atoms with Gasteiger partial charge in [-0.3, -0.25) is 14.4 Å². The van der Waals surface area contributed by atoms with Gasteiger partial charge in [0, 0.05) is 23.6 Å². The predicted molar refractivity (Wildman–Crippen MR) is 152 cm³/mol. The lowest BCUT2D eigenvalue weighted by Gasteiger charge is -2.30. The fourth-order valence-corrected chi connectivity index (χ4v) is 5.61. The van der Waals surface area contributed by atoms with Crippen LogP contribution in [0.15, 0.2) is 30.5 Å². The van der Waals surface area contributed by atoms with Crippen molar-refractivity contribution in [1.29, 1.82) is 0 Å². The number of H-pyrrole nitrogens is 1. The number of thioether (sulfide) groups is 2. The van der Waals surface area contributed by atoms with Crippen molar-refractivity contribution in [3.8, 4) is 0 Å². The lowest BCUT2D eigenvalue weighted by Crippen LogP contribution is -2.57. The molecule has 10 nitrogen and oxygen atoms in total. The Morgan fingerprint density at radius 3 is 2.47 bits per heavy atom. The molecule has 1 aromatic carbocycles. The Labute approximate surface area is 231 Å². The number of hydrogen-bond acceptors (Lipinski definition) is 7. The number of likely N-dealkylation sites (tertiary alicyclic amines) is 1. The number of aromatic amines is 1. The summed E-state index contributed by atoms with van der Waals surface area (Å²) in [4.78, 5) is 55.9. The molecule has 0 saturated carbocycles. The minimum absolute atomic E-state index is 0.295. The number of carbonyl (C=O) groups excluding carboxylic acids is 3. The van der Waals surface area contributed by atoms with Gasteiger partial charge in [-0.2, -0.15) is 23.5 Å². The summed E-state index contributed by atoms with van der Waals surface area (Å²) in [5.41, 5.74) is 8.13. The smallest absolute Gasteiger partial charge is 0.326 e. The molecule has 3 rings (SSSR count). The van der Waals surface area contributed by atoms with Crippen molar-refractivity contribution in [3.63, 3.8) is 0 Å². The summed E-state index contributed by atoms with van der Waals surface area (Å²) < 4.78 is 0. The Hall–Kier alpha value is -2.70. The van der Waals surface area contributed by atoms with Crippen LogP contribution in [-0.4, -0.2) is 93.4 Å². The molecular formula is C26H37N5O5S2. The van der Waals surface area contributed by atoms with Crippen LogP contribution in [0.3, 0.4) is 0 Å². The van der Waals surface area contributed by atoms with Gasteiger partial charge in [0.05, 0.1) is 6.04 Å². The second-order valence-corrected chi connectivity index (χ2v) is 11.4. The van der Waals surface area contributed by atoms with Gasteiger partial charge in [0.1, 0.15) is 18.1 Å². The molecule has 0 bridgehead atoms. The number of rotatable bonds is 14. The molecule has 2 aromatic rings. The number of nitrogens with two attached hydrogens (primary N) is 1. The number of amides is 3. The first-order valence-corrected chi connectivity index (χ1v) is 15.5. The second-order valence-electron chi connectivity index (χ2n) is 9.38. The quantitative estimate of drug-likeness (QED) is 0.232. The van der Waals surface area contributed by atoms with Crippen molar-refractivity contribution in [1.82, 2.24) is 20.5 Å². The normalized spacial score (nSPS) is 17.7. The highest BCUT2D eigenvalue weighted by Crippen LogP contribution is 2.21. The molecule has 2 heterocycles. The highest BCUT2D eigenvalue weighted by atomic mass is 32.2. The Morgan fingerprint density at radius 1 is 1.11 bits per heavy atom. The Balaban J connectivity index is 1.67. The number of fused-ring (bicyclic) bond motifs is 1. The van der Waals surface area contributed by atoms with E-state index in [1.807, 2.05) is 43.0 Å². The van der Waals surface area contributed by atoms with E-state index in [1.54, 1.807) is 11.8 Å². The molecule has 4 unspecified atom stereocenters. The topological polar surface area (TPSA) is 158 Å². The van der Waals surface area contributed by atoms with Crippen LogP contribution in [0, 0.1) is 0 Å². The third kappa shape index (κ3) is 7.67. The molecule has 1 aromatic heterocycles. The van der Waals surface area contributed by atoms with Crippen molar-refractivity contribution in [2.45, 2.75) is 56.3 Å². The minimum Gasteiger partial charge on any atom is -0.480 e. The molecule has 0 spiro atoms. The average molecular weight is 564 g/mol. The van der Waals surface area contributed by atoms with Crippen LogP contribution < -0.4 is 16.4 Å². The lowest BCUT2D eigenvalue weighted by molar-refractivity contribution is -0.145. The number of nitrogens with one attached hydrogen (secondary N) is 3. The molecule has 4 atom stereocenters. The second kappa shape index (κ2) is 14.5. The van der Waals surface area contributed by atoms with E-state index in [1.165, 1.54) is 16.7 Å². The molecule has 208 valence electrons. The van der Waals surface area contributed by atoms with Gasteiger partial charge in [0.15, 0.2) is 0 Å². The summed E-state index contributed by atoms with van der Waals surface area (Å²) in [7, 11) is 0. The summed E-state index contributed by atoms with van der Waals surface area (Å²) in [5, 5.41) is 15.9. The third-order valence-electron chi connectivity index (χ3n) is 6.74. The van der Waals surface area contributed by atoms with Gasteiger partial charge in [-0.1, -0.05) is 18.2 Å². The zero-order valence-corrected chi connectivity index (χ0v) is 23.4. The molecule has 12 heteroatoms. The number of nitrogens with zero attached hydrogens (tertiary/aromatic N) is 1. The standard InChI is InChI=1S/C26H37N5O5S2/c1-37-12-9-20(29-23(32)18(27)14-16-15-28-19-7-4-3-6-17(16)19)25(34)31-11-5-8-22(31)24(33)30-21(26(35)36)10-13-38-2/h3-4,6-7,15,18,20-22,28H,5,8-14,27H2,1-2H3,(H,29,32)(H,30,33)(H,35,36). The molecule has 3 amide bonds. The lowest BCUT2D eigenvalue weighted by atomic mass is 10.0. The number of carboxylic acids is 1. The first-order chi connectivity index (χ1) is 18.3. The number of hydrogen-bond donors (Lipinski definition) is 5. The summed E-state index contributed by atoms with van der Waals surface area (Å²) in [5.74, 6) is -1.13. The Bertz CT molecular complexity index is 1130. The molecule has 0 radical (unpaired) electrons. The summed E-state index contributed by atoms with van der Waals surface area (Å²) in [6.07, 6.45) is 7.68. The minimum atomic E-state index is -1.10. The van der Waals surface area contributed by atoms with Gasteiger partial charge in [-0.05, 0) is 67.8 Å². The van der Waals surface area contributed by atoms with Gasteiger partial charge >= 0.3 is 5.97 Å². The fraction of sp³-hybridized carbons (Fsp3) is 0.538. The summed E-state index contributed by atoms with van der Waals surface area (Å²) in [6, 6.07) is 4.29. The van der Waals surface area contributed by atoms with Crippen LogP contribution in [0.25, 0.3) is 10.9 Å². The van der Waals surface area contributed by atoms with Crippen molar-refractivity contribution < 1.29 is 24.3 Å². The maximum Gasteiger partial charge on any atom is 0.326 e. The van der Waals surface area contributed by atoms with Crippen molar-refractivity contribution in [2.75, 3.05) is 30.6 Å². The monoisotopic (exact) mass is 563 g/mol. The van der Waals surface area contributed by atoms with Crippen molar-refractivity contribution in [3.05, 3.63) is 36.0 Å². The Morgan fingerprint density at radius 2 is 1.79 bits per heavy atom. The molecule has 0 aliphatic carbocycles. The maximum atomic E-state index is 13.6. The van der Waals surface area contributed by atoms with Gasteiger partial charge in [-0.25, -0.2) is 4.79 Å². The van der Waals surface area contributed by atoms with E-state index >= 15 is 0 Å². The zero-order chi connectivity index (χ0) is 27.7. The molecular weight excluding hydrogens is 526 g/mol. The highest BCUT2D eigenvalue weighted by Gasteiger charge is 2.39. The van der Waals surface area contributed by atoms with Crippen LogP contribution >= 0.6 is 23.5 Å². The Kier molecular flexibility index (Phi) is 11.4. The number of benzene rings is 1. The number of carbonyl (C=O) groups is 4. The van der Waals surface area contributed by atoms with Crippen LogP contribution in [0.5, 0.6) is 0 Å². The van der Waals surface area contributed by atoms with E-state index in [4.69, 9.17) is 5.73 Å². The number of aliphatic carboxylic acids is 1. The summed E-state index contributed by atoms with van der Waals surface area (Å²) in [6.45, 7) is 0.368. The zero-order valence-electron chi connectivity index (χ0n) is 21.8. The van der Waals surface area contributed by atoms with Crippen LogP contribution in [0.4, 0.5) is 0 Å². The number of aromatic nitrogens is 1. The largest absolute Gasteiger partial charge is 0.480 e. The molecule has 38 heavy (non-hydrogen) atoms. The number of para-hydroxylation sites is 1. The fourth-order valence-electron chi connectivity index (χ4n) is 4.67. The van der Waals surface area contributed by atoms with Crippen molar-refractivity contribution >= 4 is 58.1 Å². The summed E-state index contributed by atoms with van der Waals surface area (Å²) >= 11 is 3.05. The first kappa shape index (κ1) is 29.9. The molecule has 1 fully saturated rings. The van der Waals surface area contributed by atoms with E-state index in [2.05, 4.69) is 15.6 Å². The SMILES string of the molecule is CSCCC(NC(=O)C1CCCN1C(=O)C(CCSC)NC(=O)C(N)Cc1c[nH]c2ccccc12)C(=O)O. The highest BCUT2D eigenvalue weighted by molar-refractivity contribution is 7.98. The van der Waals surface area contributed by atoms with Gasteiger partial charge in [0.2, 0.25) is 17.7 Å². The van der Waals surface area contributed by atoms with Gasteiger partial charge < -0.3 is 31.4 Å². The number of carboxylic acid groups (broad SMARTS) is 1. The average Bonchev–Trinajstić information content (AvgIpc) is 3.56. The van der Waals surface area contributed by atoms with E-state index in [-0.39, 0.29) is 5.91 Å². The van der Waals surface area contributed by atoms with E-state index < -0.39 is 42.0 Å². The van der Waals surface area contributed by atoms with E-state index in [0.717, 1.165) is 16.5 Å². The third-order valence-corrected chi connectivity index (χ3v) is 8.03. The van der Waals surface area contributed by atoms with Gasteiger partial charge in [-0.15, -0.1) is 0 Å². The van der Waals surface area contributed by atoms with Crippen LogP contribution in [-0.2, 0) is 25.6 Å². The molecule has 1 aliphatic rings. The van der Waals surface area contributed by atoms with Gasteiger partial charge in [0.25, 0.3) is 0 Å². The maximum absolute atomic E-state index is 13.6. The first-order valence-electron chi connectivity index (χ1n) is 12.7. The molecule has 1 saturated heterocycles. The van der Waals surface area contributed by atoms with Crippen LogP contribution in [0.1, 0.15) is 31.2 Å². The van der Waals surface area contributed by atoms with Crippen LogP contribution in [0.2, 0.25) is 0 Å².